The second kappa shape index (κ2) is 47.5. The number of carbonyl (C=O) groups excluding carboxylic acids is 2. The Morgan fingerprint density at radius 3 is 1.29 bits per heavy atom. The van der Waals surface area contributed by atoms with Gasteiger partial charge in [0.2, 0.25) is 0 Å². The lowest BCUT2D eigenvalue weighted by Crippen LogP contribution is -2.30. The summed E-state index contributed by atoms with van der Waals surface area (Å²) in [6.45, 7) is 7.67. The van der Waals surface area contributed by atoms with E-state index in [2.05, 4.69) is 57.2 Å². The molecule has 1 atom stereocenters. The normalized spacial score (nSPS) is 12.4. The van der Waals surface area contributed by atoms with Gasteiger partial charge in [0.25, 0.3) is 0 Å². The number of allylic oxidation sites excluding steroid dienone is 6. The summed E-state index contributed by atoms with van der Waals surface area (Å²) in [5.41, 5.74) is 0. The van der Waals surface area contributed by atoms with Crippen LogP contribution in [0, 0.1) is 0 Å². The van der Waals surface area contributed by atoms with E-state index in [9.17, 15) is 9.59 Å². The molecule has 0 rings (SSSR count). The zero-order valence-electron chi connectivity index (χ0n) is 37.7. The van der Waals surface area contributed by atoms with Crippen LogP contribution in [0.1, 0.15) is 252 Å². The quantitative estimate of drug-likeness (QED) is 0.0349. The summed E-state index contributed by atoms with van der Waals surface area (Å²) in [7, 11) is 0. The van der Waals surface area contributed by atoms with E-state index in [0.29, 0.717) is 19.4 Å². The maximum Gasteiger partial charge on any atom is 0.306 e. The van der Waals surface area contributed by atoms with Crippen LogP contribution in [-0.4, -0.2) is 37.9 Å². The van der Waals surface area contributed by atoms with Gasteiger partial charge >= 0.3 is 11.9 Å². The van der Waals surface area contributed by atoms with Gasteiger partial charge in [0.1, 0.15) is 6.61 Å². The third-order valence-corrected chi connectivity index (χ3v) is 10.7. The van der Waals surface area contributed by atoms with Crippen LogP contribution in [0.3, 0.4) is 0 Å². The molecule has 0 radical (unpaired) electrons. The van der Waals surface area contributed by atoms with E-state index in [1.165, 1.54) is 154 Å². The molecule has 0 amide bonds. The van der Waals surface area contributed by atoms with Crippen LogP contribution >= 0.6 is 0 Å². The molecule has 0 aromatic carbocycles. The molecular weight excluding hydrogens is 693 g/mol. The minimum absolute atomic E-state index is 0.0810. The fraction of sp³-hybridized carbons (Fsp3) is 0.843. The molecule has 0 heterocycles. The summed E-state index contributed by atoms with van der Waals surface area (Å²) in [6.07, 6.45) is 55.9. The fourth-order valence-electron chi connectivity index (χ4n) is 7.05. The van der Waals surface area contributed by atoms with E-state index >= 15 is 0 Å². The Morgan fingerprint density at radius 1 is 0.411 bits per heavy atom. The Bertz CT molecular complexity index is 893. The van der Waals surface area contributed by atoms with Gasteiger partial charge in [0, 0.05) is 19.4 Å². The predicted molar refractivity (Wildman–Crippen MR) is 242 cm³/mol. The fourth-order valence-corrected chi connectivity index (χ4v) is 7.05. The molecule has 5 heteroatoms. The predicted octanol–water partition coefficient (Wildman–Crippen LogP) is 16.2. The molecule has 0 saturated heterocycles. The van der Waals surface area contributed by atoms with Crippen LogP contribution in [0.25, 0.3) is 0 Å². The first kappa shape index (κ1) is 54.1. The van der Waals surface area contributed by atoms with Gasteiger partial charge in [-0.2, -0.15) is 0 Å². The number of unbranched alkanes of at least 4 members (excludes halogenated alkanes) is 28. The first-order valence-corrected chi connectivity index (χ1v) is 24.5. The number of ether oxygens (including phenoxy) is 3. The Balaban J connectivity index is 4.09. The van der Waals surface area contributed by atoms with Gasteiger partial charge in [0.15, 0.2) is 6.10 Å². The molecule has 5 nitrogen and oxygen atoms in total. The lowest BCUT2D eigenvalue weighted by molar-refractivity contribution is -0.163. The summed E-state index contributed by atoms with van der Waals surface area (Å²) >= 11 is 0. The van der Waals surface area contributed by atoms with Gasteiger partial charge < -0.3 is 14.2 Å². The largest absolute Gasteiger partial charge is 0.462 e. The molecule has 1 unspecified atom stereocenters. The van der Waals surface area contributed by atoms with Gasteiger partial charge in [-0.25, -0.2) is 0 Å². The van der Waals surface area contributed by atoms with Gasteiger partial charge in [0.05, 0.1) is 6.61 Å². The summed E-state index contributed by atoms with van der Waals surface area (Å²) < 4.78 is 17.3. The first-order chi connectivity index (χ1) is 27.6. The van der Waals surface area contributed by atoms with Crippen molar-refractivity contribution >= 4 is 11.9 Å². The van der Waals surface area contributed by atoms with Crippen LogP contribution in [0.15, 0.2) is 36.5 Å². The molecule has 0 N–H and O–H groups in total. The minimum atomic E-state index is -0.539. The second-order valence-electron chi connectivity index (χ2n) is 16.4. The van der Waals surface area contributed by atoms with Gasteiger partial charge in [-0.15, -0.1) is 0 Å². The maximum absolute atomic E-state index is 12.6. The van der Waals surface area contributed by atoms with Crippen LogP contribution in [-0.2, 0) is 23.8 Å². The van der Waals surface area contributed by atoms with Crippen molar-refractivity contribution in [1.29, 1.82) is 0 Å². The number of hydrogen-bond donors (Lipinski definition) is 0. The highest BCUT2D eigenvalue weighted by atomic mass is 16.6. The molecule has 0 bridgehead atoms. The van der Waals surface area contributed by atoms with Crippen molar-refractivity contribution < 1.29 is 23.8 Å². The monoisotopic (exact) mass is 787 g/mol. The molecule has 328 valence electrons. The van der Waals surface area contributed by atoms with E-state index in [0.717, 1.165) is 64.2 Å². The van der Waals surface area contributed by atoms with Gasteiger partial charge in [-0.3, -0.25) is 9.59 Å². The second-order valence-corrected chi connectivity index (χ2v) is 16.4. The highest BCUT2D eigenvalue weighted by Gasteiger charge is 2.17. The SMILES string of the molecule is CC/C=C\C/C=C\C/C=C\CCCCCCOCC(COC(=O)CCCCCCCCCCCCCCCCCCCCC)OC(=O)CCCCCCCCC. The first-order valence-electron chi connectivity index (χ1n) is 24.5. The molecule has 0 aliphatic heterocycles. The maximum atomic E-state index is 12.6. The Labute approximate surface area is 349 Å². The number of rotatable bonds is 45. The molecule has 0 spiro atoms. The highest BCUT2D eigenvalue weighted by molar-refractivity contribution is 5.70. The third-order valence-electron chi connectivity index (χ3n) is 10.7. The highest BCUT2D eigenvalue weighted by Crippen LogP contribution is 2.16. The van der Waals surface area contributed by atoms with E-state index in [1.807, 2.05) is 0 Å². The average Bonchev–Trinajstić information content (AvgIpc) is 3.20. The molecule has 0 aromatic heterocycles. The number of carbonyl (C=O) groups is 2. The lowest BCUT2D eigenvalue weighted by Gasteiger charge is -2.18. The summed E-state index contributed by atoms with van der Waals surface area (Å²) in [6, 6.07) is 0. The van der Waals surface area contributed by atoms with Crippen LogP contribution in [0.2, 0.25) is 0 Å². The summed E-state index contributed by atoms with van der Waals surface area (Å²) in [5, 5.41) is 0. The molecule has 0 saturated carbocycles. The number of esters is 2. The molecule has 0 aliphatic rings. The zero-order chi connectivity index (χ0) is 40.7. The van der Waals surface area contributed by atoms with Crippen molar-refractivity contribution in [2.24, 2.45) is 0 Å². The molecule has 0 aromatic rings. The number of hydrogen-bond acceptors (Lipinski definition) is 5. The lowest BCUT2D eigenvalue weighted by atomic mass is 10.0. The van der Waals surface area contributed by atoms with Crippen molar-refractivity contribution in [3.63, 3.8) is 0 Å². The Hall–Kier alpha value is -1.88. The van der Waals surface area contributed by atoms with E-state index < -0.39 is 6.10 Å². The van der Waals surface area contributed by atoms with Crippen LogP contribution in [0.5, 0.6) is 0 Å². The topological polar surface area (TPSA) is 61.8 Å². The van der Waals surface area contributed by atoms with Gasteiger partial charge in [-0.1, -0.05) is 224 Å². The summed E-state index contributed by atoms with van der Waals surface area (Å²) in [5.74, 6) is -0.404. The van der Waals surface area contributed by atoms with Crippen LogP contribution in [0.4, 0.5) is 0 Å². The zero-order valence-corrected chi connectivity index (χ0v) is 37.7. The molecule has 56 heavy (non-hydrogen) atoms. The smallest absolute Gasteiger partial charge is 0.306 e. The van der Waals surface area contributed by atoms with Crippen molar-refractivity contribution in [1.82, 2.24) is 0 Å². The van der Waals surface area contributed by atoms with Crippen molar-refractivity contribution in [3.8, 4) is 0 Å². The average molecular weight is 787 g/mol. The van der Waals surface area contributed by atoms with E-state index in [-0.39, 0.29) is 25.2 Å². The Morgan fingerprint density at radius 2 is 0.804 bits per heavy atom. The minimum Gasteiger partial charge on any atom is -0.462 e. The summed E-state index contributed by atoms with van der Waals surface area (Å²) in [4.78, 5) is 25.2. The van der Waals surface area contributed by atoms with Crippen molar-refractivity contribution in [3.05, 3.63) is 36.5 Å². The molecule has 0 aliphatic carbocycles. The molecular formula is C51H94O5. The van der Waals surface area contributed by atoms with Crippen molar-refractivity contribution in [2.45, 2.75) is 258 Å². The molecule has 0 fully saturated rings. The van der Waals surface area contributed by atoms with E-state index in [1.54, 1.807) is 0 Å². The van der Waals surface area contributed by atoms with E-state index in [4.69, 9.17) is 14.2 Å². The third kappa shape index (κ3) is 44.8. The van der Waals surface area contributed by atoms with Gasteiger partial charge in [-0.05, 0) is 51.4 Å². The Kier molecular flexibility index (Phi) is 45.9. The standard InChI is InChI=1S/C51H94O5/c1-4-7-10-13-16-18-20-22-24-25-26-27-28-29-31-33-36-38-41-44-50(52)55-48-49(56-51(53)45-42-39-35-15-12-9-6-3)47-54-46-43-40-37-34-32-30-23-21-19-17-14-11-8-5-2/h8,11,17,19,23,30,49H,4-7,9-10,12-16,18,20-22,24-29,31-48H2,1-3H3/b11-8-,19-17-,30-23-. The van der Waals surface area contributed by atoms with Crippen LogP contribution < -0.4 is 0 Å². The van der Waals surface area contributed by atoms with Crippen molar-refractivity contribution in [2.75, 3.05) is 19.8 Å².